The quantitative estimate of drug-likeness (QED) is 0.555. The summed E-state index contributed by atoms with van der Waals surface area (Å²) in [5.74, 6) is 0.948. The first kappa shape index (κ1) is 11.1. The SMILES string of the molecule is C[N+](C)=C1C=CC2Oc3ccc(N)cc3CC2=C1. The number of ether oxygens (including phenoxy) is 1. The Morgan fingerprint density at radius 1 is 1.33 bits per heavy atom. The van der Waals surface area contributed by atoms with E-state index in [1.54, 1.807) is 0 Å². The summed E-state index contributed by atoms with van der Waals surface area (Å²) < 4.78 is 8.08. The molecule has 1 aliphatic heterocycles. The van der Waals surface area contributed by atoms with Crippen LogP contribution in [0.1, 0.15) is 5.56 Å². The van der Waals surface area contributed by atoms with E-state index >= 15 is 0 Å². The molecular formula is C15H17N2O+. The van der Waals surface area contributed by atoms with Crippen LogP contribution in [0, 0.1) is 0 Å². The molecule has 0 amide bonds. The molecule has 1 unspecified atom stereocenters. The van der Waals surface area contributed by atoms with Crippen molar-refractivity contribution in [1.82, 2.24) is 0 Å². The summed E-state index contributed by atoms with van der Waals surface area (Å²) in [5.41, 5.74) is 10.3. The van der Waals surface area contributed by atoms with Crippen molar-refractivity contribution in [3.05, 3.63) is 47.6 Å². The molecule has 0 fully saturated rings. The van der Waals surface area contributed by atoms with Gasteiger partial charge in [-0.3, -0.25) is 0 Å². The number of anilines is 1. The average Bonchev–Trinajstić information content (AvgIpc) is 2.35. The highest BCUT2D eigenvalue weighted by Gasteiger charge is 2.26. The first-order valence-electron chi connectivity index (χ1n) is 6.11. The van der Waals surface area contributed by atoms with Crippen molar-refractivity contribution in [2.75, 3.05) is 19.8 Å². The number of benzene rings is 1. The summed E-state index contributed by atoms with van der Waals surface area (Å²) in [5, 5.41) is 0. The number of nitrogen functional groups attached to an aromatic ring is 1. The van der Waals surface area contributed by atoms with Crippen molar-refractivity contribution in [3.63, 3.8) is 0 Å². The van der Waals surface area contributed by atoms with Crippen molar-refractivity contribution in [2.24, 2.45) is 0 Å². The molecule has 0 saturated heterocycles. The number of fused-ring (bicyclic) bond motifs is 2. The minimum atomic E-state index is 0.0739. The lowest BCUT2D eigenvalue weighted by molar-refractivity contribution is -0.462. The van der Waals surface area contributed by atoms with Gasteiger partial charge in [-0.25, -0.2) is 4.58 Å². The third-order valence-corrected chi connectivity index (χ3v) is 3.39. The Morgan fingerprint density at radius 3 is 2.94 bits per heavy atom. The van der Waals surface area contributed by atoms with Gasteiger partial charge in [0.2, 0.25) is 0 Å². The zero-order chi connectivity index (χ0) is 12.7. The fourth-order valence-corrected chi connectivity index (χ4v) is 2.38. The number of hydrogen-bond donors (Lipinski definition) is 1. The molecule has 0 saturated carbocycles. The fourth-order valence-electron chi connectivity index (χ4n) is 2.38. The lowest BCUT2D eigenvalue weighted by atomic mass is 9.92. The maximum atomic E-state index is 5.98. The number of allylic oxidation sites excluding steroid dienone is 2. The van der Waals surface area contributed by atoms with Gasteiger partial charge in [-0.15, -0.1) is 0 Å². The molecule has 3 heteroatoms. The van der Waals surface area contributed by atoms with Crippen LogP contribution in [0.3, 0.4) is 0 Å². The third-order valence-electron chi connectivity index (χ3n) is 3.39. The maximum Gasteiger partial charge on any atom is 0.199 e. The Kier molecular flexibility index (Phi) is 2.47. The van der Waals surface area contributed by atoms with E-state index in [9.17, 15) is 0 Å². The van der Waals surface area contributed by atoms with Crippen LogP contribution in [0.4, 0.5) is 5.69 Å². The highest BCUT2D eigenvalue weighted by molar-refractivity contribution is 6.02. The van der Waals surface area contributed by atoms with Crippen LogP contribution in [-0.2, 0) is 6.42 Å². The van der Waals surface area contributed by atoms with Crippen LogP contribution < -0.4 is 10.5 Å². The molecule has 1 atom stereocenters. The van der Waals surface area contributed by atoms with Gasteiger partial charge in [0.15, 0.2) is 5.71 Å². The predicted octanol–water partition coefficient (Wildman–Crippen LogP) is 1.78. The monoisotopic (exact) mass is 241 g/mol. The van der Waals surface area contributed by atoms with E-state index in [2.05, 4.69) is 22.8 Å². The van der Waals surface area contributed by atoms with Crippen molar-refractivity contribution in [3.8, 4) is 5.75 Å². The first-order valence-corrected chi connectivity index (χ1v) is 6.11. The van der Waals surface area contributed by atoms with Crippen molar-refractivity contribution in [2.45, 2.75) is 12.5 Å². The van der Waals surface area contributed by atoms with E-state index in [-0.39, 0.29) is 6.10 Å². The summed E-state index contributed by atoms with van der Waals surface area (Å²) in [6.45, 7) is 0. The lowest BCUT2D eigenvalue weighted by Crippen LogP contribution is -2.28. The molecule has 2 aliphatic rings. The number of hydrogen-bond acceptors (Lipinski definition) is 2. The van der Waals surface area contributed by atoms with Gasteiger partial charge >= 0.3 is 0 Å². The maximum absolute atomic E-state index is 5.98. The molecule has 0 radical (unpaired) electrons. The molecule has 1 aromatic rings. The van der Waals surface area contributed by atoms with Crippen LogP contribution in [0.5, 0.6) is 5.75 Å². The van der Waals surface area contributed by atoms with Crippen molar-refractivity contribution in [1.29, 1.82) is 0 Å². The van der Waals surface area contributed by atoms with Crippen LogP contribution in [0.15, 0.2) is 42.0 Å². The van der Waals surface area contributed by atoms with Gasteiger partial charge in [-0.2, -0.15) is 0 Å². The predicted molar refractivity (Wildman–Crippen MR) is 73.3 cm³/mol. The molecule has 0 aromatic heterocycles. The summed E-state index contributed by atoms with van der Waals surface area (Å²) in [7, 11) is 4.10. The minimum Gasteiger partial charge on any atom is -0.482 e. The lowest BCUT2D eigenvalue weighted by Gasteiger charge is -2.28. The second kappa shape index (κ2) is 4.02. The van der Waals surface area contributed by atoms with Gasteiger partial charge in [-0.1, -0.05) is 0 Å². The van der Waals surface area contributed by atoms with E-state index in [0.717, 1.165) is 17.9 Å². The highest BCUT2D eigenvalue weighted by atomic mass is 16.5. The average molecular weight is 241 g/mol. The molecule has 0 spiro atoms. The van der Waals surface area contributed by atoms with E-state index in [1.807, 2.05) is 32.3 Å². The molecular weight excluding hydrogens is 224 g/mol. The normalized spacial score (nSPS) is 20.7. The number of nitrogens with two attached hydrogens (primary N) is 1. The van der Waals surface area contributed by atoms with Crippen molar-refractivity contribution >= 4 is 11.4 Å². The topological polar surface area (TPSA) is 38.3 Å². The smallest absolute Gasteiger partial charge is 0.199 e. The van der Waals surface area contributed by atoms with E-state index in [1.165, 1.54) is 16.8 Å². The Morgan fingerprint density at radius 2 is 2.17 bits per heavy atom. The minimum absolute atomic E-state index is 0.0739. The summed E-state index contributed by atoms with van der Waals surface area (Å²) in [6, 6.07) is 5.85. The molecule has 1 heterocycles. The van der Waals surface area contributed by atoms with E-state index < -0.39 is 0 Å². The Bertz CT molecular complexity index is 593. The molecule has 2 N–H and O–H groups in total. The molecule has 92 valence electrons. The largest absolute Gasteiger partial charge is 0.482 e. The summed E-state index contributed by atoms with van der Waals surface area (Å²) >= 11 is 0. The molecule has 18 heavy (non-hydrogen) atoms. The molecule has 1 aliphatic carbocycles. The van der Waals surface area contributed by atoms with Gasteiger partial charge in [0.05, 0.1) is 0 Å². The number of rotatable bonds is 0. The van der Waals surface area contributed by atoms with Crippen LogP contribution in [-0.4, -0.2) is 30.5 Å². The summed E-state index contributed by atoms with van der Waals surface area (Å²) in [6.07, 6.45) is 7.41. The van der Waals surface area contributed by atoms with Gasteiger partial charge in [0.1, 0.15) is 25.9 Å². The van der Waals surface area contributed by atoms with E-state index in [4.69, 9.17) is 10.5 Å². The zero-order valence-corrected chi connectivity index (χ0v) is 10.7. The van der Waals surface area contributed by atoms with Crippen LogP contribution >= 0.6 is 0 Å². The first-order chi connectivity index (χ1) is 8.63. The molecule has 1 aromatic carbocycles. The van der Waals surface area contributed by atoms with Crippen LogP contribution in [0.25, 0.3) is 0 Å². The Labute approximate surface area is 107 Å². The highest BCUT2D eigenvalue weighted by Crippen LogP contribution is 2.33. The van der Waals surface area contributed by atoms with Gasteiger partial charge in [0, 0.05) is 29.8 Å². The molecule has 0 bridgehead atoms. The zero-order valence-electron chi connectivity index (χ0n) is 10.7. The van der Waals surface area contributed by atoms with Gasteiger partial charge in [0.25, 0.3) is 0 Å². The second-order valence-corrected chi connectivity index (χ2v) is 4.98. The van der Waals surface area contributed by atoms with Crippen LogP contribution in [0.2, 0.25) is 0 Å². The van der Waals surface area contributed by atoms with Gasteiger partial charge in [-0.05, 0) is 29.8 Å². The number of nitrogens with zero attached hydrogens (tertiary/aromatic N) is 1. The molecule has 3 nitrogen and oxygen atoms in total. The standard InChI is InChI=1S/C15H17N2O/c1-17(2)13-4-6-15-11(9-13)7-10-8-12(16)3-5-14(10)18-15/h3-6,8-9,15H,7,16H2,1-2H3/q+1. The fraction of sp³-hybridized carbons (Fsp3) is 0.267. The Balaban J connectivity index is 2.01. The third kappa shape index (κ3) is 1.82. The van der Waals surface area contributed by atoms with E-state index in [0.29, 0.717) is 0 Å². The second-order valence-electron chi connectivity index (χ2n) is 4.98. The van der Waals surface area contributed by atoms with Gasteiger partial charge < -0.3 is 10.5 Å². The Hall–Kier alpha value is -2.03. The van der Waals surface area contributed by atoms with Crippen molar-refractivity contribution < 1.29 is 9.31 Å². The summed E-state index contributed by atoms with van der Waals surface area (Å²) in [4.78, 5) is 0. The molecule has 3 rings (SSSR count).